The molecule has 3 N–H and O–H groups in total. The van der Waals surface area contributed by atoms with Crippen LogP contribution in [0.2, 0.25) is 0 Å². The van der Waals surface area contributed by atoms with Crippen LogP contribution in [0.15, 0.2) is 60.7 Å². The molecule has 0 aliphatic carbocycles. The van der Waals surface area contributed by atoms with Crippen LogP contribution < -0.4 is 5.73 Å². The topological polar surface area (TPSA) is 49.9 Å². The molecule has 0 saturated carbocycles. The number of allylic oxidation sites excluding steroid dienone is 1. The zero-order chi connectivity index (χ0) is 15.5. The molecule has 0 aromatic heterocycles. The van der Waals surface area contributed by atoms with Crippen molar-refractivity contribution in [3.63, 3.8) is 0 Å². The highest BCUT2D eigenvalue weighted by Gasteiger charge is 2.33. The molecule has 2 nitrogen and oxygen atoms in total. The number of nitrogens with one attached hydrogen (secondary N) is 1. The van der Waals surface area contributed by atoms with E-state index < -0.39 is 11.7 Å². The number of benzene rings is 2. The maximum atomic E-state index is 12.9. The summed E-state index contributed by atoms with van der Waals surface area (Å²) in [5.74, 6) is 0. The second-order valence-corrected chi connectivity index (χ2v) is 4.42. The fourth-order valence-corrected chi connectivity index (χ4v) is 1.92. The number of nitrogens with two attached hydrogens (primary N) is 1. The monoisotopic (exact) mass is 290 g/mol. The van der Waals surface area contributed by atoms with Gasteiger partial charge in [0.25, 0.3) is 0 Å². The first-order chi connectivity index (χ1) is 9.89. The van der Waals surface area contributed by atoms with Gasteiger partial charge in [0.15, 0.2) is 0 Å². The summed E-state index contributed by atoms with van der Waals surface area (Å²) < 4.78 is 38.8. The van der Waals surface area contributed by atoms with Crippen molar-refractivity contribution in [2.75, 3.05) is 0 Å². The summed E-state index contributed by atoms with van der Waals surface area (Å²) in [4.78, 5) is 0. The molecule has 0 aliphatic heterocycles. The number of halogens is 3. The van der Waals surface area contributed by atoms with Crippen LogP contribution in [0.3, 0.4) is 0 Å². The van der Waals surface area contributed by atoms with E-state index in [0.29, 0.717) is 5.56 Å². The summed E-state index contributed by atoms with van der Waals surface area (Å²) in [5, 5.41) is 7.90. The largest absolute Gasteiger partial charge is 0.417 e. The summed E-state index contributed by atoms with van der Waals surface area (Å²) in [7, 11) is 0. The molecular formula is C16H13F3N2. The van der Waals surface area contributed by atoms with E-state index in [9.17, 15) is 13.2 Å². The number of alkyl halides is 3. The molecule has 5 heteroatoms. The van der Waals surface area contributed by atoms with Crippen molar-refractivity contribution in [3.05, 3.63) is 77.4 Å². The maximum absolute atomic E-state index is 12.9. The third kappa shape index (κ3) is 3.51. The van der Waals surface area contributed by atoms with Gasteiger partial charge < -0.3 is 11.1 Å². The number of hydrogen-bond acceptors (Lipinski definition) is 2. The Kier molecular flexibility index (Phi) is 4.12. The quantitative estimate of drug-likeness (QED) is 0.822. The number of hydrogen-bond donors (Lipinski definition) is 2. The van der Waals surface area contributed by atoms with E-state index in [-0.39, 0.29) is 17.0 Å². The maximum Gasteiger partial charge on any atom is 0.417 e. The smallest absolute Gasteiger partial charge is 0.398 e. The van der Waals surface area contributed by atoms with Crippen molar-refractivity contribution in [1.29, 1.82) is 5.41 Å². The minimum Gasteiger partial charge on any atom is -0.398 e. The molecule has 0 unspecified atom stereocenters. The lowest BCUT2D eigenvalue weighted by molar-refractivity contribution is -0.137. The fraction of sp³-hybridized carbons (Fsp3) is 0.0625. The highest BCUT2D eigenvalue weighted by Crippen LogP contribution is 2.33. The zero-order valence-electron chi connectivity index (χ0n) is 11.0. The van der Waals surface area contributed by atoms with Gasteiger partial charge in [0.2, 0.25) is 0 Å². The molecular weight excluding hydrogens is 277 g/mol. The van der Waals surface area contributed by atoms with Gasteiger partial charge in [-0.3, -0.25) is 0 Å². The van der Waals surface area contributed by atoms with Crippen molar-refractivity contribution in [1.82, 2.24) is 0 Å². The van der Waals surface area contributed by atoms with Crippen LogP contribution in [0, 0.1) is 5.41 Å². The molecule has 0 fully saturated rings. The summed E-state index contributed by atoms with van der Waals surface area (Å²) in [5.41, 5.74) is 5.39. The third-order valence-corrected chi connectivity index (χ3v) is 2.93. The van der Waals surface area contributed by atoms with Crippen LogP contribution in [0.4, 0.5) is 13.2 Å². The van der Waals surface area contributed by atoms with Gasteiger partial charge in [0.05, 0.1) is 11.3 Å². The Morgan fingerprint density at radius 3 is 2.14 bits per heavy atom. The van der Waals surface area contributed by atoms with Crippen molar-refractivity contribution in [2.24, 2.45) is 5.73 Å². The van der Waals surface area contributed by atoms with Crippen molar-refractivity contribution in [2.45, 2.75) is 6.18 Å². The van der Waals surface area contributed by atoms with Gasteiger partial charge >= 0.3 is 6.18 Å². The Hall–Kier alpha value is -2.56. The van der Waals surface area contributed by atoms with Gasteiger partial charge in [-0.1, -0.05) is 48.5 Å². The lowest BCUT2D eigenvalue weighted by atomic mass is 10.0. The molecule has 2 aromatic rings. The molecule has 2 aromatic carbocycles. The van der Waals surface area contributed by atoms with Gasteiger partial charge in [-0.2, -0.15) is 13.2 Å². The van der Waals surface area contributed by atoms with Gasteiger partial charge in [-0.05, 0) is 17.7 Å². The van der Waals surface area contributed by atoms with Gasteiger partial charge in [-0.15, -0.1) is 0 Å². The standard InChI is InChI=1S/C16H13F3N2/c17-16(18,19)13-9-5-4-8-12(13)15(21)10-14(20)11-6-2-1-3-7-11/h1-10,20H,21H2. The molecule has 0 heterocycles. The van der Waals surface area contributed by atoms with E-state index in [2.05, 4.69) is 0 Å². The van der Waals surface area contributed by atoms with Gasteiger partial charge in [0, 0.05) is 11.3 Å². The molecule has 108 valence electrons. The lowest BCUT2D eigenvalue weighted by Gasteiger charge is -2.13. The highest BCUT2D eigenvalue weighted by molar-refractivity contribution is 6.10. The normalized spacial score (nSPS) is 12.2. The highest BCUT2D eigenvalue weighted by atomic mass is 19.4. The second kappa shape index (κ2) is 5.83. The van der Waals surface area contributed by atoms with Crippen molar-refractivity contribution in [3.8, 4) is 0 Å². The molecule has 0 amide bonds. The SMILES string of the molecule is N=C(C=C(N)c1ccccc1C(F)(F)F)c1ccccc1. The first-order valence-electron chi connectivity index (χ1n) is 6.17. The average Bonchev–Trinajstić information content (AvgIpc) is 2.47. The Morgan fingerprint density at radius 2 is 1.52 bits per heavy atom. The minimum atomic E-state index is -4.48. The second-order valence-electron chi connectivity index (χ2n) is 4.42. The Bertz CT molecular complexity index is 673. The Balaban J connectivity index is 2.39. The molecule has 0 aliphatic rings. The summed E-state index contributed by atoms with van der Waals surface area (Å²) >= 11 is 0. The average molecular weight is 290 g/mol. The molecule has 0 saturated heterocycles. The Labute approximate surface area is 120 Å². The van der Waals surface area contributed by atoms with Crippen LogP contribution in [0.25, 0.3) is 5.70 Å². The van der Waals surface area contributed by atoms with E-state index in [1.54, 1.807) is 30.3 Å². The molecule has 0 spiro atoms. The lowest BCUT2D eigenvalue weighted by Crippen LogP contribution is -2.12. The summed E-state index contributed by atoms with van der Waals surface area (Å²) in [6.45, 7) is 0. The Morgan fingerprint density at radius 1 is 0.952 bits per heavy atom. The summed E-state index contributed by atoms with van der Waals surface area (Å²) in [6, 6.07) is 13.7. The van der Waals surface area contributed by atoms with Crippen LogP contribution in [-0.4, -0.2) is 5.71 Å². The predicted molar refractivity (Wildman–Crippen MR) is 76.9 cm³/mol. The van der Waals surface area contributed by atoms with Crippen LogP contribution in [-0.2, 0) is 6.18 Å². The zero-order valence-corrected chi connectivity index (χ0v) is 11.0. The van der Waals surface area contributed by atoms with Crippen LogP contribution in [0.5, 0.6) is 0 Å². The van der Waals surface area contributed by atoms with Crippen molar-refractivity contribution >= 4 is 11.4 Å². The van der Waals surface area contributed by atoms with E-state index in [1.807, 2.05) is 0 Å². The summed E-state index contributed by atoms with van der Waals surface area (Å²) in [6.07, 6.45) is -3.25. The third-order valence-electron chi connectivity index (χ3n) is 2.93. The van der Waals surface area contributed by atoms with E-state index in [4.69, 9.17) is 11.1 Å². The van der Waals surface area contributed by atoms with E-state index in [0.717, 1.165) is 6.07 Å². The molecule has 2 rings (SSSR count). The molecule has 0 radical (unpaired) electrons. The number of rotatable bonds is 3. The molecule has 0 bridgehead atoms. The van der Waals surface area contributed by atoms with Gasteiger partial charge in [-0.25, -0.2) is 0 Å². The van der Waals surface area contributed by atoms with E-state index in [1.165, 1.54) is 24.3 Å². The molecule has 21 heavy (non-hydrogen) atoms. The first kappa shape index (κ1) is 14.8. The van der Waals surface area contributed by atoms with Crippen LogP contribution >= 0.6 is 0 Å². The molecule has 0 atom stereocenters. The van der Waals surface area contributed by atoms with Crippen LogP contribution in [0.1, 0.15) is 16.7 Å². The first-order valence-corrected chi connectivity index (χ1v) is 6.17. The fourth-order valence-electron chi connectivity index (χ4n) is 1.92. The predicted octanol–water partition coefficient (Wildman–Crippen LogP) is 4.07. The van der Waals surface area contributed by atoms with E-state index >= 15 is 0 Å². The van der Waals surface area contributed by atoms with Crippen molar-refractivity contribution < 1.29 is 13.2 Å². The van der Waals surface area contributed by atoms with Gasteiger partial charge in [0.1, 0.15) is 0 Å². The minimum absolute atomic E-state index is 0.0603.